The van der Waals surface area contributed by atoms with Crippen LogP contribution in [0.5, 0.6) is 0 Å². The van der Waals surface area contributed by atoms with Gasteiger partial charge in [-0.1, -0.05) is 54.4 Å². The highest BCUT2D eigenvalue weighted by molar-refractivity contribution is 9.10. The first-order valence-corrected chi connectivity index (χ1v) is 7.08. The van der Waals surface area contributed by atoms with E-state index in [4.69, 9.17) is 0 Å². The van der Waals surface area contributed by atoms with Gasteiger partial charge in [-0.2, -0.15) is 5.26 Å². The molecule has 0 heterocycles. The Morgan fingerprint density at radius 1 is 1.24 bits per heavy atom. The number of hydrogen-bond donors (Lipinski definition) is 0. The van der Waals surface area contributed by atoms with Crippen molar-refractivity contribution in [1.29, 1.82) is 5.26 Å². The minimum Gasteiger partial charge on any atom is -0.197 e. The van der Waals surface area contributed by atoms with E-state index >= 15 is 0 Å². The van der Waals surface area contributed by atoms with Crippen molar-refractivity contribution in [3.05, 3.63) is 34.3 Å². The molecule has 2 atom stereocenters. The zero-order chi connectivity index (χ0) is 12.5. The third kappa shape index (κ3) is 1.91. The van der Waals surface area contributed by atoms with E-state index < -0.39 is 0 Å². The molecule has 1 aliphatic carbocycles. The van der Waals surface area contributed by atoms with E-state index in [0.29, 0.717) is 11.8 Å². The van der Waals surface area contributed by atoms with Gasteiger partial charge in [0, 0.05) is 4.47 Å². The van der Waals surface area contributed by atoms with Gasteiger partial charge < -0.3 is 0 Å². The molecule has 90 valence electrons. The normalized spacial score (nSPS) is 27.4. The SMILES string of the molecule is C[C@H]1CCC[C@H](C)C1(C#N)c1ccccc1Br. The van der Waals surface area contributed by atoms with Gasteiger partial charge in [0.15, 0.2) is 0 Å². The Balaban J connectivity index is 2.57. The van der Waals surface area contributed by atoms with Crippen LogP contribution in [0.4, 0.5) is 0 Å². The molecule has 2 rings (SSSR count). The summed E-state index contributed by atoms with van der Waals surface area (Å²) in [4.78, 5) is 0. The van der Waals surface area contributed by atoms with Gasteiger partial charge in [-0.05, 0) is 36.3 Å². The highest BCUT2D eigenvalue weighted by Crippen LogP contribution is 2.48. The predicted molar refractivity (Wildman–Crippen MR) is 73.6 cm³/mol. The molecule has 1 fully saturated rings. The minimum absolute atomic E-state index is 0.321. The summed E-state index contributed by atoms with van der Waals surface area (Å²) in [5.74, 6) is 0.852. The lowest BCUT2D eigenvalue weighted by Gasteiger charge is -2.43. The van der Waals surface area contributed by atoms with Crippen LogP contribution < -0.4 is 0 Å². The van der Waals surface area contributed by atoms with E-state index in [1.165, 1.54) is 12.0 Å². The van der Waals surface area contributed by atoms with E-state index in [9.17, 15) is 5.26 Å². The Morgan fingerprint density at radius 2 is 1.82 bits per heavy atom. The number of hydrogen-bond acceptors (Lipinski definition) is 1. The van der Waals surface area contributed by atoms with Gasteiger partial charge in [0.05, 0.1) is 11.5 Å². The Morgan fingerprint density at radius 3 is 2.35 bits per heavy atom. The molecule has 1 nitrogen and oxygen atoms in total. The highest BCUT2D eigenvalue weighted by Gasteiger charge is 2.46. The molecule has 0 saturated heterocycles. The summed E-state index contributed by atoms with van der Waals surface area (Å²) in [6.45, 7) is 4.44. The average molecular weight is 292 g/mol. The number of nitrogens with zero attached hydrogens (tertiary/aromatic N) is 1. The summed E-state index contributed by atoms with van der Waals surface area (Å²) in [7, 11) is 0. The topological polar surface area (TPSA) is 23.8 Å². The Bertz CT molecular complexity index is 436. The lowest BCUT2D eigenvalue weighted by Crippen LogP contribution is -2.42. The smallest absolute Gasteiger partial charge is 0.0884 e. The summed E-state index contributed by atoms with van der Waals surface area (Å²) in [5.41, 5.74) is 0.848. The Hall–Kier alpha value is -0.810. The van der Waals surface area contributed by atoms with Crippen LogP contribution in [0.3, 0.4) is 0 Å². The Labute approximate surface area is 112 Å². The number of halogens is 1. The molecule has 1 aliphatic rings. The number of benzene rings is 1. The van der Waals surface area contributed by atoms with E-state index in [1.54, 1.807) is 0 Å². The Kier molecular flexibility index (Phi) is 3.58. The van der Waals surface area contributed by atoms with Gasteiger partial charge >= 0.3 is 0 Å². The molecule has 0 radical (unpaired) electrons. The van der Waals surface area contributed by atoms with E-state index in [0.717, 1.165) is 17.3 Å². The van der Waals surface area contributed by atoms with Crippen LogP contribution in [0.1, 0.15) is 38.7 Å². The summed E-state index contributed by atoms with van der Waals surface area (Å²) in [6.07, 6.45) is 3.55. The van der Waals surface area contributed by atoms with Crippen LogP contribution in [0, 0.1) is 23.2 Å². The van der Waals surface area contributed by atoms with Crippen molar-refractivity contribution in [2.75, 3.05) is 0 Å². The van der Waals surface area contributed by atoms with Crippen molar-refractivity contribution in [2.24, 2.45) is 11.8 Å². The lowest BCUT2D eigenvalue weighted by atomic mass is 9.59. The number of nitriles is 1. The quantitative estimate of drug-likeness (QED) is 0.738. The van der Waals surface area contributed by atoms with Gasteiger partial charge in [-0.25, -0.2) is 0 Å². The predicted octanol–water partition coefficient (Wildman–Crippen LogP) is 4.67. The molecule has 1 saturated carbocycles. The zero-order valence-electron chi connectivity index (χ0n) is 10.4. The van der Waals surface area contributed by atoms with Crippen molar-refractivity contribution in [2.45, 2.75) is 38.5 Å². The van der Waals surface area contributed by atoms with Crippen LogP contribution in [-0.4, -0.2) is 0 Å². The molecule has 0 unspecified atom stereocenters. The molecule has 0 N–H and O–H groups in total. The van der Waals surface area contributed by atoms with Crippen LogP contribution in [0.15, 0.2) is 28.7 Å². The fourth-order valence-corrected chi connectivity index (χ4v) is 3.89. The first kappa shape index (κ1) is 12.6. The summed E-state index contributed by atoms with van der Waals surface area (Å²) in [6, 6.07) is 10.8. The van der Waals surface area contributed by atoms with Crippen molar-refractivity contribution in [3.63, 3.8) is 0 Å². The maximum atomic E-state index is 9.79. The maximum Gasteiger partial charge on any atom is 0.0884 e. The molecule has 0 aliphatic heterocycles. The second-order valence-corrected chi connectivity index (χ2v) is 6.05. The van der Waals surface area contributed by atoms with Gasteiger partial charge in [0.1, 0.15) is 0 Å². The first-order valence-electron chi connectivity index (χ1n) is 6.29. The van der Waals surface area contributed by atoms with E-state index in [-0.39, 0.29) is 5.41 Å². The van der Waals surface area contributed by atoms with E-state index in [1.807, 2.05) is 18.2 Å². The second kappa shape index (κ2) is 4.82. The fourth-order valence-electron chi connectivity index (χ4n) is 3.28. The van der Waals surface area contributed by atoms with E-state index in [2.05, 4.69) is 41.9 Å². The molecule has 17 heavy (non-hydrogen) atoms. The van der Waals surface area contributed by atoms with Crippen molar-refractivity contribution in [1.82, 2.24) is 0 Å². The molecule has 2 heteroatoms. The van der Waals surface area contributed by atoms with Gasteiger partial charge in [-0.3, -0.25) is 0 Å². The molecule has 1 aromatic rings. The van der Waals surface area contributed by atoms with Gasteiger partial charge in [-0.15, -0.1) is 0 Å². The zero-order valence-corrected chi connectivity index (χ0v) is 12.0. The molecular formula is C15H18BrN. The average Bonchev–Trinajstić information content (AvgIpc) is 2.32. The van der Waals surface area contributed by atoms with Crippen LogP contribution in [-0.2, 0) is 5.41 Å². The molecule has 0 aromatic heterocycles. The van der Waals surface area contributed by atoms with Crippen molar-refractivity contribution in [3.8, 4) is 6.07 Å². The van der Waals surface area contributed by atoms with Crippen LogP contribution in [0.25, 0.3) is 0 Å². The largest absolute Gasteiger partial charge is 0.197 e. The summed E-state index contributed by atoms with van der Waals surface area (Å²) in [5, 5.41) is 9.79. The first-order chi connectivity index (χ1) is 8.13. The highest BCUT2D eigenvalue weighted by atomic mass is 79.9. The minimum atomic E-state index is -0.321. The lowest BCUT2D eigenvalue weighted by molar-refractivity contribution is 0.182. The molecule has 0 bridgehead atoms. The second-order valence-electron chi connectivity index (χ2n) is 5.19. The molecular weight excluding hydrogens is 274 g/mol. The summed E-state index contributed by atoms with van der Waals surface area (Å²) < 4.78 is 1.07. The monoisotopic (exact) mass is 291 g/mol. The van der Waals surface area contributed by atoms with Gasteiger partial charge in [0.2, 0.25) is 0 Å². The van der Waals surface area contributed by atoms with Crippen molar-refractivity contribution >= 4 is 15.9 Å². The van der Waals surface area contributed by atoms with Crippen LogP contribution in [0.2, 0.25) is 0 Å². The number of rotatable bonds is 1. The third-order valence-corrected chi connectivity index (χ3v) is 5.02. The molecule has 1 aromatic carbocycles. The van der Waals surface area contributed by atoms with Crippen LogP contribution >= 0.6 is 15.9 Å². The summed E-state index contributed by atoms with van der Waals surface area (Å²) >= 11 is 3.61. The standard InChI is InChI=1S/C15H18BrN/c1-11-6-5-7-12(2)15(11,10-17)13-8-3-4-9-14(13)16/h3-4,8-9,11-12H,5-7H2,1-2H3/t11-,12-/m0/s1. The maximum absolute atomic E-state index is 9.79. The van der Waals surface area contributed by atoms with Crippen molar-refractivity contribution < 1.29 is 0 Å². The molecule has 0 spiro atoms. The molecule has 0 amide bonds. The third-order valence-electron chi connectivity index (χ3n) is 4.33. The van der Waals surface area contributed by atoms with Gasteiger partial charge in [0.25, 0.3) is 0 Å². The fraction of sp³-hybridized carbons (Fsp3) is 0.533.